The molecule has 7 nitrogen and oxygen atoms in total. The smallest absolute Gasteiger partial charge is 0.330 e. The number of hydrogen-bond donors (Lipinski definition) is 2. The molecule has 1 aromatic rings. The quantitative estimate of drug-likeness (QED) is 0.707. The summed E-state index contributed by atoms with van der Waals surface area (Å²) in [5, 5.41) is 20.4. The first-order chi connectivity index (χ1) is 8.37. The molecule has 2 rings (SSSR count). The van der Waals surface area contributed by atoms with E-state index in [9.17, 15) is 24.2 Å². The van der Waals surface area contributed by atoms with Gasteiger partial charge in [0.25, 0.3) is 5.56 Å². The van der Waals surface area contributed by atoms with Crippen LogP contribution in [0, 0.1) is 0 Å². The molecule has 1 aromatic heterocycles. The van der Waals surface area contributed by atoms with Crippen LogP contribution in [-0.4, -0.2) is 39.1 Å². The second-order valence-electron chi connectivity index (χ2n) is 4.31. The van der Waals surface area contributed by atoms with Crippen molar-refractivity contribution in [3.63, 3.8) is 0 Å². The highest BCUT2D eigenvalue weighted by molar-refractivity contribution is 5.01. The van der Waals surface area contributed by atoms with Crippen molar-refractivity contribution in [1.29, 1.82) is 0 Å². The molecule has 99 valence electrons. The van der Waals surface area contributed by atoms with Gasteiger partial charge in [0.2, 0.25) is 0 Å². The van der Waals surface area contributed by atoms with Crippen molar-refractivity contribution in [2.45, 2.75) is 31.0 Å². The maximum absolute atomic E-state index is 14.3. The Kier molecular flexibility index (Phi) is 3.09. The number of hydrogen-bond acceptors (Lipinski definition) is 4. The summed E-state index contributed by atoms with van der Waals surface area (Å²) >= 11 is 0. The fourth-order valence-corrected chi connectivity index (χ4v) is 1.96. The van der Waals surface area contributed by atoms with Gasteiger partial charge in [0.15, 0.2) is 11.9 Å². The first kappa shape index (κ1) is 12.9. The Labute approximate surface area is 100 Å². The number of aliphatic hydroxyl groups excluding tert-OH is 1. The van der Waals surface area contributed by atoms with E-state index in [1.807, 2.05) is 4.98 Å². The minimum atomic E-state index is -2.29. The van der Waals surface area contributed by atoms with Crippen molar-refractivity contribution in [2.75, 3.05) is 6.61 Å². The molecule has 4 atom stereocenters. The van der Waals surface area contributed by atoms with Gasteiger partial charge in [0.1, 0.15) is 18.8 Å². The van der Waals surface area contributed by atoms with Gasteiger partial charge in [0, 0.05) is 12.3 Å². The monoisotopic (exact) mass is 259 g/mol. The first-order valence-electron chi connectivity index (χ1n) is 5.30. The number of aliphatic hydroxyl groups is 1. The van der Waals surface area contributed by atoms with Gasteiger partial charge in [-0.15, -0.1) is 0 Å². The number of ether oxygens (including phenoxy) is 1. The number of halogens is 1. The fraction of sp³-hybridized carbons (Fsp3) is 0.600. The van der Waals surface area contributed by atoms with Crippen LogP contribution in [0.3, 0.4) is 0 Å². The second-order valence-corrected chi connectivity index (χ2v) is 4.31. The largest absolute Gasteiger partial charge is 0.387 e. The van der Waals surface area contributed by atoms with Crippen LogP contribution in [0.2, 0.25) is 0 Å². The lowest BCUT2D eigenvalue weighted by molar-refractivity contribution is -0.0695. The number of alkyl halides is 1. The van der Waals surface area contributed by atoms with E-state index in [1.165, 1.54) is 0 Å². The Morgan fingerprint density at radius 1 is 1.61 bits per heavy atom. The highest BCUT2D eigenvalue weighted by Crippen LogP contribution is 2.40. The van der Waals surface area contributed by atoms with Crippen molar-refractivity contribution >= 4 is 0 Å². The average molecular weight is 259 g/mol. The van der Waals surface area contributed by atoms with E-state index in [4.69, 9.17) is 4.74 Å². The van der Waals surface area contributed by atoms with Crippen LogP contribution in [0.1, 0.15) is 13.2 Å². The van der Waals surface area contributed by atoms with Crippen LogP contribution in [0.15, 0.2) is 21.9 Å². The van der Waals surface area contributed by atoms with E-state index >= 15 is 0 Å². The molecule has 18 heavy (non-hydrogen) atoms. The topological polar surface area (TPSA) is 104 Å². The van der Waals surface area contributed by atoms with Crippen LogP contribution < -0.4 is 11.2 Å². The van der Waals surface area contributed by atoms with E-state index in [0.717, 1.165) is 23.8 Å². The Morgan fingerprint density at radius 3 is 2.78 bits per heavy atom. The summed E-state index contributed by atoms with van der Waals surface area (Å²) in [5.41, 5.74) is -3.79. The van der Waals surface area contributed by atoms with Crippen LogP contribution in [0.25, 0.3) is 0 Å². The molecule has 0 aliphatic carbocycles. The molecule has 0 aromatic carbocycles. The molecule has 1 aliphatic rings. The van der Waals surface area contributed by atoms with Gasteiger partial charge in [0.05, 0.1) is 0 Å². The Hall–Kier alpha value is -1.51. The third-order valence-electron chi connectivity index (χ3n) is 2.99. The molecular formula is C10H12FN2O5. The number of aromatic nitrogens is 2. The highest BCUT2D eigenvalue weighted by atomic mass is 19.1. The third-order valence-corrected chi connectivity index (χ3v) is 2.99. The van der Waals surface area contributed by atoms with Gasteiger partial charge < -0.3 is 9.84 Å². The molecule has 1 fully saturated rings. The predicted molar refractivity (Wildman–Crippen MR) is 56.3 cm³/mol. The zero-order valence-corrected chi connectivity index (χ0v) is 9.50. The summed E-state index contributed by atoms with van der Waals surface area (Å²) in [5.74, 6) is 0. The molecule has 0 spiro atoms. The van der Waals surface area contributed by atoms with Crippen molar-refractivity contribution in [1.82, 2.24) is 9.55 Å². The minimum absolute atomic E-state index is 0.629. The van der Waals surface area contributed by atoms with E-state index in [2.05, 4.69) is 0 Å². The van der Waals surface area contributed by atoms with Crippen molar-refractivity contribution in [3.8, 4) is 0 Å². The summed E-state index contributed by atoms with van der Waals surface area (Å²) in [7, 11) is 0. The molecule has 0 amide bonds. The van der Waals surface area contributed by atoms with E-state index < -0.39 is 42.0 Å². The summed E-state index contributed by atoms with van der Waals surface area (Å²) in [6.45, 7) is 0.213. The first-order valence-corrected chi connectivity index (χ1v) is 5.30. The number of aromatic amines is 1. The molecule has 1 saturated heterocycles. The molecule has 2 heterocycles. The molecule has 0 saturated carbocycles. The van der Waals surface area contributed by atoms with Crippen LogP contribution >= 0.6 is 0 Å². The van der Waals surface area contributed by atoms with Crippen LogP contribution in [0.5, 0.6) is 0 Å². The Morgan fingerprint density at radius 2 is 2.28 bits per heavy atom. The molecule has 0 bridgehead atoms. The lowest BCUT2D eigenvalue weighted by atomic mass is 9.98. The molecule has 0 unspecified atom stereocenters. The van der Waals surface area contributed by atoms with Gasteiger partial charge in [-0.2, -0.15) is 0 Å². The fourth-order valence-electron chi connectivity index (χ4n) is 1.96. The summed E-state index contributed by atoms with van der Waals surface area (Å²) < 4.78 is 20.2. The van der Waals surface area contributed by atoms with Crippen molar-refractivity contribution < 1.29 is 19.3 Å². The van der Waals surface area contributed by atoms with Gasteiger partial charge >= 0.3 is 5.69 Å². The molecular weight excluding hydrogens is 247 g/mol. The zero-order valence-electron chi connectivity index (χ0n) is 9.50. The molecule has 1 radical (unpaired) electrons. The SMILES string of the molecule is C[C@@]1(F)[C@H](O)[C@@H](C[O])O[C@H]1n1ccc(=O)[nH]c1=O. The Balaban J connectivity index is 2.45. The Bertz CT molecular complexity index is 552. The maximum Gasteiger partial charge on any atom is 0.330 e. The van der Waals surface area contributed by atoms with Crippen molar-refractivity contribution in [2.24, 2.45) is 0 Å². The number of nitrogens with one attached hydrogen (secondary N) is 1. The number of H-pyrrole nitrogens is 1. The number of nitrogens with zero attached hydrogens (tertiary/aromatic N) is 1. The highest BCUT2D eigenvalue weighted by Gasteiger charge is 2.55. The normalized spacial score (nSPS) is 35.9. The summed E-state index contributed by atoms with van der Waals surface area (Å²) in [4.78, 5) is 24.4. The van der Waals surface area contributed by atoms with Crippen LogP contribution in [-0.2, 0) is 9.84 Å². The molecule has 8 heteroatoms. The second kappa shape index (κ2) is 4.30. The number of rotatable bonds is 2. The zero-order chi connectivity index (χ0) is 13.5. The van der Waals surface area contributed by atoms with E-state index in [0.29, 0.717) is 0 Å². The summed E-state index contributed by atoms with van der Waals surface area (Å²) in [6.07, 6.45) is -3.25. The summed E-state index contributed by atoms with van der Waals surface area (Å²) in [6, 6.07) is 1.03. The van der Waals surface area contributed by atoms with Crippen LogP contribution in [0.4, 0.5) is 4.39 Å². The van der Waals surface area contributed by atoms with Crippen molar-refractivity contribution in [3.05, 3.63) is 33.1 Å². The predicted octanol–water partition coefficient (Wildman–Crippen LogP) is -1.05. The lowest BCUT2D eigenvalue weighted by Crippen LogP contribution is -2.43. The average Bonchev–Trinajstić information content (AvgIpc) is 2.52. The van der Waals surface area contributed by atoms with Gasteiger partial charge in [-0.05, 0) is 6.92 Å². The minimum Gasteiger partial charge on any atom is -0.387 e. The van der Waals surface area contributed by atoms with Gasteiger partial charge in [-0.25, -0.2) is 14.3 Å². The van der Waals surface area contributed by atoms with Gasteiger partial charge in [-0.3, -0.25) is 14.3 Å². The lowest BCUT2D eigenvalue weighted by Gasteiger charge is -2.24. The van der Waals surface area contributed by atoms with E-state index in [-0.39, 0.29) is 0 Å². The third kappa shape index (κ3) is 1.88. The van der Waals surface area contributed by atoms with Gasteiger partial charge in [-0.1, -0.05) is 0 Å². The standard InChI is InChI=1S/C10H12FN2O5/c1-10(11)7(16)5(4-14)18-8(10)13-3-2-6(15)12-9(13)17/h2-3,5,7-8,16H,4H2,1H3,(H,12,15,17)/t5-,7-,8-,10-/m1/s1. The molecule has 1 aliphatic heterocycles. The molecule has 2 N–H and O–H groups in total. The maximum atomic E-state index is 14.3. The van der Waals surface area contributed by atoms with E-state index in [1.54, 1.807) is 0 Å².